The minimum atomic E-state index is -0.500. The molecule has 0 unspecified atom stereocenters. The Kier molecular flexibility index (Phi) is 5.08. The average Bonchev–Trinajstić information content (AvgIpc) is 2.87. The van der Waals surface area contributed by atoms with Gasteiger partial charge in [0.1, 0.15) is 0 Å². The fourth-order valence-electron chi connectivity index (χ4n) is 2.16. The predicted octanol–water partition coefficient (Wildman–Crippen LogP) is 2.12. The number of anilines is 1. The van der Waals surface area contributed by atoms with Crippen molar-refractivity contribution in [2.45, 2.75) is 46.2 Å². The summed E-state index contributed by atoms with van der Waals surface area (Å²) < 4.78 is 2.05. The fraction of sp³-hybridized carbons (Fsp3) is 0.467. The van der Waals surface area contributed by atoms with E-state index in [4.69, 9.17) is 0 Å². The highest BCUT2D eigenvalue weighted by molar-refractivity contribution is 5.93. The summed E-state index contributed by atoms with van der Waals surface area (Å²) in [4.78, 5) is 26.4. The van der Waals surface area contributed by atoms with Crippen molar-refractivity contribution in [2.75, 3.05) is 4.90 Å². The minimum absolute atomic E-state index is 0.109. The van der Waals surface area contributed by atoms with E-state index in [1.165, 1.54) is 9.58 Å². The van der Waals surface area contributed by atoms with Crippen molar-refractivity contribution in [3.63, 3.8) is 0 Å². The van der Waals surface area contributed by atoms with Gasteiger partial charge in [-0.15, -0.1) is 4.68 Å². The number of hydrogen-bond acceptors (Lipinski definition) is 4. The lowest BCUT2D eigenvalue weighted by Crippen LogP contribution is -2.44. The van der Waals surface area contributed by atoms with E-state index in [0.717, 1.165) is 23.2 Å². The number of aromatic nitrogens is 4. The third-order valence-corrected chi connectivity index (χ3v) is 3.30. The molecule has 7 nitrogen and oxygen atoms in total. The van der Waals surface area contributed by atoms with Gasteiger partial charge in [-0.1, -0.05) is 31.5 Å². The van der Waals surface area contributed by atoms with Crippen molar-refractivity contribution in [2.24, 2.45) is 0 Å². The number of nitrogens with zero attached hydrogens (tertiary/aromatic N) is 5. The van der Waals surface area contributed by atoms with E-state index in [9.17, 15) is 9.59 Å². The number of para-hydroxylation sites is 1. The van der Waals surface area contributed by atoms with Crippen LogP contribution in [0.3, 0.4) is 0 Å². The summed E-state index contributed by atoms with van der Waals surface area (Å²) in [7, 11) is 0. The molecule has 0 aliphatic carbocycles. The van der Waals surface area contributed by atoms with Crippen molar-refractivity contribution >= 4 is 11.7 Å². The van der Waals surface area contributed by atoms with Gasteiger partial charge in [-0.2, -0.15) is 4.68 Å². The molecule has 2 rings (SSSR count). The van der Waals surface area contributed by atoms with E-state index < -0.39 is 11.7 Å². The minimum Gasteiger partial charge on any atom is -0.290 e. The molecule has 1 aromatic carbocycles. The molecule has 0 aliphatic heterocycles. The van der Waals surface area contributed by atoms with Crippen LogP contribution in [0.5, 0.6) is 0 Å². The highest BCUT2D eigenvalue weighted by Gasteiger charge is 2.24. The van der Waals surface area contributed by atoms with Crippen LogP contribution in [0.4, 0.5) is 10.5 Å². The summed E-state index contributed by atoms with van der Waals surface area (Å²) in [6.45, 7) is 6.26. The molecular formula is C15H21N5O2. The van der Waals surface area contributed by atoms with E-state index in [1.807, 2.05) is 51.1 Å². The van der Waals surface area contributed by atoms with E-state index in [1.54, 1.807) is 0 Å². The zero-order valence-electron chi connectivity index (χ0n) is 13.1. The molecule has 0 radical (unpaired) electrons. The smallest absolute Gasteiger partial charge is 0.290 e. The topological polar surface area (TPSA) is 73.0 Å². The molecule has 1 heterocycles. The van der Waals surface area contributed by atoms with Crippen LogP contribution in [0, 0.1) is 0 Å². The van der Waals surface area contributed by atoms with Gasteiger partial charge in [-0.3, -0.25) is 4.90 Å². The second kappa shape index (κ2) is 7.02. The Morgan fingerprint density at radius 1 is 1.23 bits per heavy atom. The van der Waals surface area contributed by atoms with Gasteiger partial charge in [0.25, 0.3) is 0 Å². The van der Waals surface area contributed by atoms with Gasteiger partial charge in [0.05, 0.1) is 0 Å². The number of carbonyl (C=O) groups excluding carboxylic acids is 1. The molecule has 0 saturated heterocycles. The molecule has 118 valence electrons. The van der Waals surface area contributed by atoms with Crippen molar-refractivity contribution in [3.05, 3.63) is 40.8 Å². The van der Waals surface area contributed by atoms with E-state index in [0.29, 0.717) is 6.54 Å². The van der Waals surface area contributed by atoms with Crippen LogP contribution < -0.4 is 10.6 Å². The zero-order valence-corrected chi connectivity index (χ0v) is 13.1. The van der Waals surface area contributed by atoms with Gasteiger partial charge >= 0.3 is 11.7 Å². The van der Waals surface area contributed by atoms with Crippen LogP contribution in [-0.2, 0) is 6.54 Å². The lowest BCUT2D eigenvalue weighted by atomic mass is 10.2. The number of carbonyl (C=O) groups is 1. The van der Waals surface area contributed by atoms with Gasteiger partial charge < -0.3 is 0 Å². The maximum atomic E-state index is 12.7. The third-order valence-electron chi connectivity index (χ3n) is 3.30. The predicted molar refractivity (Wildman–Crippen MR) is 84.0 cm³/mol. The molecule has 0 fully saturated rings. The van der Waals surface area contributed by atoms with Crippen LogP contribution >= 0.6 is 0 Å². The summed E-state index contributed by atoms with van der Waals surface area (Å²) in [5.74, 6) is 0. The van der Waals surface area contributed by atoms with Crippen molar-refractivity contribution in [1.29, 1.82) is 0 Å². The van der Waals surface area contributed by atoms with Gasteiger partial charge in [0.15, 0.2) is 0 Å². The summed E-state index contributed by atoms with van der Waals surface area (Å²) in [6.07, 6.45) is 1.76. The molecule has 1 aromatic heterocycles. The first kappa shape index (κ1) is 15.9. The second-order valence-electron chi connectivity index (χ2n) is 5.33. The molecule has 0 N–H and O–H groups in total. The zero-order chi connectivity index (χ0) is 16.1. The highest BCUT2D eigenvalue weighted by atomic mass is 16.2. The number of hydrogen-bond donors (Lipinski definition) is 0. The standard InChI is InChI=1S/C15H21N5O2/c1-4-5-11-18-14(21)20(17-16-18)15(22)19(12(2)3)13-9-7-6-8-10-13/h6-10,12H,4-5,11H2,1-3H3. The average molecular weight is 303 g/mol. The SMILES string of the molecule is CCCCn1nnn(C(=O)N(c2ccccc2)C(C)C)c1=O. The van der Waals surface area contributed by atoms with Gasteiger partial charge in [-0.05, 0) is 42.8 Å². The molecule has 22 heavy (non-hydrogen) atoms. The number of tetrazole rings is 1. The quantitative estimate of drug-likeness (QED) is 0.793. The Hall–Kier alpha value is -2.44. The molecule has 0 saturated carbocycles. The number of amides is 1. The van der Waals surface area contributed by atoms with E-state index in [2.05, 4.69) is 10.4 Å². The summed E-state index contributed by atoms with van der Waals surface area (Å²) in [5, 5.41) is 7.50. The van der Waals surface area contributed by atoms with Crippen molar-refractivity contribution in [1.82, 2.24) is 19.8 Å². The van der Waals surface area contributed by atoms with Crippen molar-refractivity contribution < 1.29 is 4.79 Å². The molecule has 0 spiro atoms. The van der Waals surface area contributed by atoms with Crippen LogP contribution in [0.2, 0.25) is 0 Å². The Morgan fingerprint density at radius 3 is 2.50 bits per heavy atom. The monoisotopic (exact) mass is 303 g/mol. The van der Waals surface area contributed by atoms with E-state index >= 15 is 0 Å². The molecule has 1 amide bonds. The van der Waals surface area contributed by atoms with Crippen LogP contribution in [0.15, 0.2) is 35.1 Å². The Morgan fingerprint density at radius 2 is 1.91 bits per heavy atom. The lowest BCUT2D eigenvalue weighted by Gasteiger charge is -2.25. The van der Waals surface area contributed by atoms with Crippen LogP contribution in [-0.4, -0.2) is 31.9 Å². The Labute approximate surface area is 129 Å². The second-order valence-corrected chi connectivity index (χ2v) is 5.33. The van der Waals surface area contributed by atoms with Gasteiger partial charge in [0.2, 0.25) is 0 Å². The molecular weight excluding hydrogens is 282 g/mol. The highest BCUT2D eigenvalue weighted by Crippen LogP contribution is 2.17. The maximum Gasteiger partial charge on any atom is 0.372 e. The summed E-state index contributed by atoms with van der Waals surface area (Å²) in [6, 6.07) is 8.61. The number of benzene rings is 1. The van der Waals surface area contributed by atoms with E-state index in [-0.39, 0.29) is 6.04 Å². The molecule has 7 heteroatoms. The van der Waals surface area contributed by atoms with Gasteiger partial charge in [0, 0.05) is 18.3 Å². The summed E-state index contributed by atoms with van der Waals surface area (Å²) >= 11 is 0. The maximum absolute atomic E-state index is 12.7. The molecule has 0 aliphatic rings. The normalized spacial score (nSPS) is 10.9. The van der Waals surface area contributed by atoms with Gasteiger partial charge in [-0.25, -0.2) is 9.59 Å². The van der Waals surface area contributed by atoms with Crippen molar-refractivity contribution in [3.8, 4) is 0 Å². The number of unbranched alkanes of at least 4 members (excludes halogenated alkanes) is 1. The Bertz CT molecular complexity index is 675. The molecule has 0 atom stereocenters. The largest absolute Gasteiger partial charge is 0.372 e. The van der Waals surface area contributed by atoms with Crippen LogP contribution in [0.1, 0.15) is 33.6 Å². The first-order valence-corrected chi connectivity index (χ1v) is 7.47. The Balaban J connectivity index is 2.33. The first-order valence-electron chi connectivity index (χ1n) is 7.47. The molecule has 0 bridgehead atoms. The van der Waals surface area contributed by atoms with Crippen LogP contribution in [0.25, 0.3) is 0 Å². The molecule has 2 aromatic rings. The third kappa shape index (κ3) is 3.24. The first-order chi connectivity index (χ1) is 10.6. The fourth-order valence-corrected chi connectivity index (χ4v) is 2.16. The summed E-state index contributed by atoms with van der Waals surface area (Å²) in [5.41, 5.74) is 0.220. The lowest BCUT2D eigenvalue weighted by molar-refractivity contribution is 0.242. The number of aryl methyl sites for hydroxylation is 1. The number of rotatable bonds is 5.